The molecule has 2 heterocycles. The van der Waals surface area contributed by atoms with Crippen LogP contribution < -0.4 is 10.2 Å². The lowest BCUT2D eigenvalue weighted by molar-refractivity contribution is -0.126. The zero-order chi connectivity index (χ0) is 13.4. The first-order chi connectivity index (χ1) is 9.16. The van der Waals surface area contributed by atoms with Crippen molar-refractivity contribution < 1.29 is 9.53 Å². The summed E-state index contributed by atoms with van der Waals surface area (Å²) in [7, 11) is 0. The standard InChI is InChI=1S/C14H17BrN2O2.ClH/c1-9-13(16-5-7-19-9)14(18)17-6-4-10-8-11(15)2-3-12(10)17;/h2-3,8-9,13,16H,4-7H2,1H3;1H/t9-,13+;/m1./s1. The molecule has 0 aliphatic carbocycles. The number of morpholine rings is 1. The molecule has 1 aromatic rings. The highest BCUT2D eigenvalue weighted by atomic mass is 79.9. The predicted molar refractivity (Wildman–Crippen MR) is 84.7 cm³/mol. The number of nitrogens with zero attached hydrogens (tertiary/aromatic N) is 1. The van der Waals surface area contributed by atoms with E-state index in [2.05, 4.69) is 27.3 Å². The van der Waals surface area contributed by atoms with Crippen LogP contribution in [-0.2, 0) is 16.0 Å². The van der Waals surface area contributed by atoms with Crippen molar-refractivity contribution in [3.8, 4) is 0 Å². The summed E-state index contributed by atoms with van der Waals surface area (Å²) in [6.07, 6.45) is 0.850. The molecule has 1 saturated heterocycles. The zero-order valence-corrected chi connectivity index (χ0v) is 13.7. The fraction of sp³-hybridized carbons (Fsp3) is 0.500. The van der Waals surface area contributed by atoms with Crippen LogP contribution in [0.25, 0.3) is 0 Å². The maximum absolute atomic E-state index is 12.6. The summed E-state index contributed by atoms with van der Waals surface area (Å²) in [5, 5.41) is 3.26. The van der Waals surface area contributed by atoms with Gasteiger partial charge in [-0.2, -0.15) is 0 Å². The van der Waals surface area contributed by atoms with Crippen molar-refractivity contribution in [3.63, 3.8) is 0 Å². The Hall–Kier alpha value is -0.620. The lowest BCUT2D eigenvalue weighted by atomic mass is 10.1. The van der Waals surface area contributed by atoms with Gasteiger partial charge in [0.1, 0.15) is 6.04 Å². The molecule has 0 aromatic heterocycles. The van der Waals surface area contributed by atoms with Gasteiger partial charge >= 0.3 is 0 Å². The van der Waals surface area contributed by atoms with Gasteiger partial charge in [-0.05, 0) is 37.1 Å². The Balaban J connectivity index is 0.00000147. The normalized spacial score (nSPS) is 25.0. The molecule has 3 rings (SSSR count). The fourth-order valence-corrected chi connectivity index (χ4v) is 3.19. The summed E-state index contributed by atoms with van der Waals surface area (Å²) in [5.74, 6) is 0.119. The molecule has 6 heteroatoms. The number of fused-ring (bicyclic) bond motifs is 1. The van der Waals surface area contributed by atoms with Crippen LogP contribution in [0, 0.1) is 0 Å². The number of hydrogen-bond acceptors (Lipinski definition) is 3. The van der Waals surface area contributed by atoms with E-state index in [0.29, 0.717) is 6.61 Å². The molecule has 4 nitrogen and oxygen atoms in total. The Labute approximate surface area is 133 Å². The van der Waals surface area contributed by atoms with Crippen molar-refractivity contribution in [1.29, 1.82) is 0 Å². The molecule has 2 aliphatic heterocycles. The highest BCUT2D eigenvalue weighted by Gasteiger charge is 2.35. The lowest BCUT2D eigenvalue weighted by Crippen LogP contribution is -2.56. The van der Waals surface area contributed by atoms with Crippen molar-refractivity contribution in [2.24, 2.45) is 0 Å². The topological polar surface area (TPSA) is 41.6 Å². The third-order valence-electron chi connectivity index (χ3n) is 3.79. The number of carbonyl (C=O) groups is 1. The fourth-order valence-electron chi connectivity index (χ4n) is 2.78. The van der Waals surface area contributed by atoms with E-state index in [4.69, 9.17) is 4.74 Å². The maximum atomic E-state index is 12.6. The minimum absolute atomic E-state index is 0. The number of carbonyl (C=O) groups excluding carboxylic acids is 1. The van der Waals surface area contributed by atoms with E-state index < -0.39 is 0 Å². The third kappa shape index (κ3) is 2.86. The van der Waals surface area contributed by atoms with Gasteiger partial charge < -0.3 is 15.0 Å². The quantitative estimate of drug-likeness (QED) is 0.833. The second-order valence-corrected chi connectivity index (χ2v) is 5.94. The summed E-state index contributed by atoms with van der Waals surface area (Å²) in [5.41, 5.74) is 2.26. The summed E-state index contributed by atoms with van der Waals surface area (Å²) in [6.45, 7) is 4.12. The number of nitrogens with one attached hydrogen (secondary N) is 1. The number of anilines is 1. The third-order valence-corrected chi connectivity index (χ3v) is 4.28. The Kier molecular flexibility index (Phi) is 5.07. The summed E-state index contributed by atoms with van der Waals surface area (Å²) in [4.78, 5) is 14.5. The van der Waals surface area contributed by atoms with Crippen molar-refractivity contribution in [1.82, 2.24) is 5.32 Å². The number of hydrogen-bond donors (Lipinski definition) is 1. The van der Waals surface area contributed by atoms with Gasteiger partial charge in [0.05, 0.1) is 12.7 Å². The maximum Gasteiger partial charge on any atom is 0.246 e. The molecule has 0 unspecified atom stereocenters. The molecule has 0 saturated carbocycles. The van der Waals surface area contributed by atoms with Gasteiger partial charge in [0.25, 0.3) is 0 Å². The van der Waals surface area contributed by atoms with E-state index in [0.717, 1.165) is 29.7 Å². The number of ether oxygens (including phenoxy) is 1. The highest BCUT2D eigenvalue weighted by Crippen LogP contribution is 2.31. The van der Waals surface area contributed by atoms with E-state index in [1.54, 1.807) is 0 Å². The molecule has 1 N–H and O–H groups in total. The predicted octanol–water partition coefficient (Wildman–Crippen LogP) is 2.14. The van der Waals surface area contributed by atoms with Gasteiger partial charge in [-0.3, -0.25) is 4.79 Å². The van der Waals surface area contributed by atoms with Crippen LogP contribution in [0.15, 0.2) is 22.7 Å². The first-order valence-electron chi connectivity index (χ1n) is 6.61. The molecular formula is C14H18BrClN2O2. The average Bonchev–Trinajstić information content (AvgIpc) is 2.81. The van der Waals surface area contributed by atoms with Crippen molar-refractivity contribution in [2.45, 2.75) is 25.5 Å². The molecular weight excluding hydrogens is 344 g/mol. The highest BCUT2D eigenvalue weighted by molar-refractivity contribution is 9.10. The summed E-state index contributed by atoms with van der Waals surface area (Å²) >= 11 is 3.47. The molecule has 2 aliphatic rings. The molecule has 1 fully saturated rings. The van der Waals surface area contributed by atoms with Crippen LogP contribution in [0.3, 0.4) is 0 Å². The minimum atomic E-state index is -0.233. The van der Waals surface area contributed by atoms with Crippen LogP contribution in [0.1, 0.15) is 12.5 Å². The molecule has 0 bridgehead atoms. The van der Waals surface area contributed by atoms with Crippen LogP contribution in [-0.4, -0.2) is 37.7 Å². The van der Waals surface area contributed by atoms with E-state index in [9.17, 15) is 4.79 Å². The van der Waals surface area contributed by atoms with Crippen molar-refractivity contribution >= 4 is 39.9 Å². The van der Waals surface area contributed by atoms with E-state index in [1.807, 2.05) is 24.0 Å². The van der Waals surface area contributed by atoms with Crippen LogP contribution in [0.5, 0.6) is 0 Å². The molecule has 2 atom stereocenters. The average molecular weight is 362 g/mol. The van der Waals surface area contributed by atoms with E-state index >= 15 is 0 Å². The van der Waals surface area contributed by atoms with Crippen LogP contribution in [0.4, 0.5) is 5.69 Å². The van der Waals surface area contributed by atoms with Gasteiger partial charge in [-0.25, -0.2) is 0 Å². The molecule has 0 radical (unpaired) electrons. The minimum Gasteiger partial charge on any atom is -0.375 e. The first-order valence-corrected chi connectivity index (χ1v) is 7.41. The number of amides is 1. The second kappa shape index (κ2) is 6.43. The van der Waals surface area contributed by atoms with Gasteiger partial charge in [0.15, 0.2) is 0 Å². The Morgan fingerprint density at radius 1 is 1.50 bits per heavy atom. The lowest BCUT2D eigenvalue weighted by Gasteiger charge is -2.32. The summed E-state index contributed by atoms with van der Waals surface area (Å²) < 4.78 is 6.62. The Morgan fingerprint density at radius 2 is 2.30 bits per heavy atom. The Bertz CT molecular complexity index is 512. The van der Waals surface area contributed by atoms with Crippen molar-refractivity contribution in [3.05, 3.63) is 28.2 Å². The van der Waals surface area contributed by atoms with Gasteiger partial charge in [0.2, 0.25) is 5.91 Å². The zero-order valence-electron chi connectivity index (χ0n) is 11.3. The molecule has 1 aromatic carbocycles. The first kappa shape index (κ1) is 15.8. The smallest absolute Gasteiger partial charge is 0.246 e. The molecule has 20 heavy (non-hydrogen) atoms. The number of rotatable bonds is 1. The van der Waals surface area contributed by atoms with Crippen molar-refractivity contribution in [2.75, 3.05) is 24.6 Å². The van der Waals surface area contributed by atoms with Gasteiger partial charge in [-0.1, -0.05) is 15.9 Å². The number of halogens is 2. The van der Waals surface area contributed by atoms with Crippen LogP contribution in [0.2, 0.25) is 0 Å². The van der Waals surface area contributed by atoms with Gasteiger partial charge in [-0.15, -0.1) is 12.4 Å². The van der Waals surface area contributed by atoms with E-state index in [-0.39, 0.29) is 30.5 Å². The monoisotopic (exact) mass is 360 g/mol. The molecule has 0 spiro atoms. The second-order valence-electron chi connectivity index (χ2n) is 5.02. The molecule has 110 valence electrons. The Morgan fingerprint density at radius 3 is 3.05 bits per heavy atom. The largest absolute Gasteiger partial charge is 0.375 e. The number of benzene rings is 1. The van der Waals surface area contributed by atoms with E-state index in [1.165, 1.54) is 5.56 Å². The van der Waals surface area contributed by atoms with Crippen LogP contribution >= 0.6 is 28.3 Å². The SMILES string of the molecule is C[C@H]1OCCN[C@@H]1C(=O)N1CCc2cc(Br)ccc21.Cl. The summed E-state index contributed by atoms with van der Waals surface area (Å²) in [6, 6.07) is 5.86. The molecule has 1 amide bonds. The van der Waals surface area contributed by atoms with Gasteiger partial charge in [0, 0.05) is 23.2 Å².